The van der Waals surface area contributed by atoms with Crippen molar-refractivity contribution < 1.29 is 5.11 Å². The summed E-state index contributed by atoms with van der Waals surface area (Å²) in [6.45, 7) is 0.493. The molecule has 0 unspecified atom stereocenters. The fourth-order valence-corrected chi connectivity index (χ4v) is 2.86. The smallest absolute Gasteiger partial charge is 0.159 e. The highest BCUT2D eigenvalue weighted by Crippen LogP contribution is 2.29. The van der Waals surface area contributed by atoms with Gasteiger partial charge in [0, 0.05) is 6.54 Å². The van der Waals surface area contributed by atoms with E-state index in [0.717, 1.165) is 25.7 Å². The molecule has 106 valence electrons. The van der Waals surface area contributed by atoms with Crippen molar-refractivity contribution in [1.29, 1.82) is 0 Å². The van der Waals surface area contributed by atoms with Crippen molar-refractivity contribution in [1.82, 2.24) is 9.97 Å². The number of aliphatic hydroxyl groups is 1. The summed E-state index contributed by atoms with van der Waals surface area (Å²) in [5.74, 6) is 6.52. The lowest BCUT2D eigenvalue weighted by atomic mass is 9.94. The molecular formula is C12H20BrN5O. The molecule has 1 aromatic rings. The summed E-state index contributed by atoms with van der Waals surface area (Å²) in [5.41, 5.74) is 1.85. The lowest BCUT2D eigenvalue weighted by Gasteiger charge is -2.27. The second-order valence-corrected chi connectivity index (χ2v) is 5.81. The van der Waals surface area contributed by atoms with Gasteiger partial charge >= 0.3 is 0 Å². The molecule has 0 bridgehead atoms. The summed E-state index contributed by atoms with van der Waals surface area (Å²) in [4.78, 5) is 8.14. The predicted molar refractivity (Wildman–Crippen MR) is 78.7 cm³/mol. The summed E-state index contributed by atoms with van der Waals surface area (Å²) in [6, 6.07) is 0. The Labute approximate surface area is 121 Å². The van der Waals surface area contributed by atoms with Crippen molar-refractivity contribution in [3.8, 4) is 0 Å². The van der Waals surface area contributed by atoms with Gasteiger partial charge in [-0.15, -0.1) is 0 Å². The molecule has 6 nitrogen and oxygen atoms in total. The van der Waals surface area contributed by atoms with Gasteiger partial charge in [0.05, 0.1) is 5.60 Å². The predicted octanol–water partition coefficient (Wildman–Crippen LogP) is 2.02. The maximum Gasteiger partial charge on any atom is 0.159 e. The number of halogens is 1. The van der Waals surface area contributed by atoms with E-state index in [9.17, 15) is 5.11 Å². The first-order valence-corrected chi connectivity index (χ1v) is 7.37. The minimum Gasteiger partial charge on any atom is -0.388 e. The topological polar surface area (TPSA) is 96.1 Å². The number of nitrogens with one attached hydrogen (secondary N) is 2. The molecule has 5 N–H and O–H groups in total. The molecule has 1 saturated carbocycles. The van der Waals surface area contributed by atoms with Crippen molar-refractivity contribution in [2.75, 3.05) is 17.3 Å². The van der Waals surface area contributed by atoms with E-state index in [2.05, 4.69) is 36.6 Å². The van der Waals surface area contributed by atoms with E-state index in [1.807, 2.05) is 0 Å². The van der Waals surface area contributed by atoms with E-state index in [1.54, 1.807) is 0 Å². The maximum absolute atomic E-state index is 10.6. The molecular weight excluding hydrogens is 310 g/mol. The molecule has 1 aliphatic carbocycles. The summed E-state index contributed by atoms with van der Waals surface area (Å²) < 4.78 is 0.676. The zero-order valence-electron chi connectivity index (χ0n) is 10.8. The van der Waals surface area contributed by atoms with Crippen molar-refractivity contribution in [3.63, 3.8) is 0 Å². The molecule has 2 rings (SSSR count). The van der Waals surface area contributed by atoms with E-state index in [0.29, 0.717) is 22.7 Å². The van der Waals surface area contributed by atoms with Gasteiger partial charge in [0.25, 0.3) is 0 Å². The number of hydrogen-bond acceptors (Lipinski definition) is 6. The van der Waals surface area contributed by atoms with E-state index in [4.69, 9.17) is 5.84 Å². The van der Waals surface area contributed by atoms with Gasteiger partial charge < -0.3 is 15.8 Å². The largest absolute Gasteiger partial charge is 0.388 e. The Kier molecular flexibility index (Phi) is 4.95. The van der Waals surface area contributed by atoms with Crippen molar-refractivity contribution in [3.05, 3.63) is 10.8 Å². The Morgan fingerprint density at radius 3 is 2.47 bits per heavy atom. The van der Waals surface area contributed by atoms with Crippen LogP contribution in [0.5, 0.6) is 0 Å². The van der Waals surface area contributed by atoms with Crippen LogP contribution in [0.15, 0.2) is 10.8 Å². The molecule has 0 radical (unpaired) electrons. The highest BCUT2D eigenvalue weighted by Gasteiger charge is 2.28. The van der Waals surface area contributed by atoms with Gasteiger partial charge in [-0.1, -0.05) is 25.7 Å². The molecule has 1 fully saturated rings. The number of aromatic nitrogens is 2. The summed E-state index contributed by atoms with van der Waals surface area (Å²) in [7, 11) is 0. The third-order valence-electron chi connectivity index (χ3n) is 3.55. The number of nitrogens with zero attached hydrogens (tertiary/aromatic N) is 2. The standard InChI is InChI=1S/C12H20BrN5O/c13-9-10(16-8-17-11(9)18-14)15-7-12(19)5-3-1-2-4-6-12/h8,19H,1-7,14H2,(H2,15,16,17,18). The first kappa shape index (κ1) is 14.5. The highest BCUT2D eigenvalue weighted by molar-refractivity contribution is 9.10. The number of nitrogens with two attached hydrogens (primary N) is 1. The molecule has 0 atom stereocenters. The van der Waals surface area contributed by atoms with Crippen LogP contribution in [0.4, 0.5) is 11.6 Å². The van der Waals surface area contributed by atoms with Gasteiger partial charge in [-0.25, -0.2) is 15.8 Å². The lowest BCUT2D eigenvalue weighted by Crippen LogP contribution is -2.36. The molecule has 0 saturated heterocycles. The van der Waals surface area contributed by atoms with Crippen LogP contribution >= 0.6 is 15.9 Å². The molecule has 1 aliphatic rings. The number of rotatable bonds is 4. The van der Waals surface area contributed by atoms with Gasteiger partial charge in [-0.05, 0) is 28.8 Å². The molecule has 1 aromatic heterocycles. The number of hydrogen-bond donors (Lipinski definition) is 4. The second-order valence-electron chi connectivity index (χ2n) is 5.02. The number of hydrazine groups is 1. The van der Waals surface area contributed by atoms with E-state index in [-0.39, 0.29) is 0 Å². The van der Waals surface area contributed by atoms with Crippen LogP contribution in [0.25, 0.3) is 0 Å². The Bertz CT molecular complexity index is 421. The molecule has 7 heteroatoms. The molecule has 1 heterocycles. The Hall–Kier alpha value is -0.920. The maximum atomic E-state index is 10.6. The van der Waals surface area contributed by atoms with E-state index >= 15 is 0 Å². The zero-order valence-corrected chi connectivity index (χ0v) is 12.4. The first-order chi connectivity index (χ1) is 9.14. The van der Waals surface area contributed by atoms with E-state index in [1.165, 1.54) is 19.2 Å². The van der Waals surface area contributed by atoms with Gasteiger partial charge in [-0.2, -0.15) is 0 Å². The Balaban J connectivity index is 2.01. The second kappa shape index (κ2) is 6.49. The minimum atomic E-state index is -0.642. The van der Waals surface area contributed by atoms with Crippen LogP contribution in [-0.2, 0) is 0 Å². The third kappa shape index (κ3) is 3.77. The zero-order chi connectivity index (χ0) is 13.7. The minimum absolute atomic E-state index is 0.493. The average Bonchev–Trinajstić information content (AvgIpc) is 2.63. The monoisotopic (exact) mass is 329 g/mol. The van der Waals surface area contributed by atoms with Crippen LogP contribution in [-0.4, -0.2) is 27.2 Å². The molecule has 0 amide bonds. The Morgan fingerprint density at radius 1 is 1.21 bits per heavy atom. The number of nitrogen functional groups attached to an aromatic ring is 1. The van der Waals surface area contributed by atoms with Gasteiger partial charge in [0.2, 0.25) is 0 Å². The molecule has 0 aliphatic heterocycles. The van der Waals surface area contributed by atoms with Gasteiger partial charge in [0.1, 0.15) is 16.6 Å². The van der Waals surface area contributed by atoms with Crippen LogP contribution in [0, 0.1) is 0 Å². The summed E-state index contributed by atoms with van der Waals surface area (Å²) in [6.07, 6.45) is 7.69. The van der Waals surface area contributed by atoms with Crippen molar-refractivity contribution >= 4 is 27.6 Å². The Morgan fingerprint density at radius 2 is 1.84 bits per heavy atom. The third-order valence-corrected chi connectivity index (χ3v) is 4.30. The van der Waals surface area contributed by atoms with Crippen LogP contribution in [0.3, 0.4) is 0 Å². The molecule has 0 spiro atoms. The molecule has 19 heavy (non-hydrogen) atoms. The van der Waals surface area contributed by atoms with Crippen LogP contribution < -0.4 is 16.6 Å². The van der Waals surface area contributed by atoms with Crippen LogP contribution in [0.1, 0.15) is 38.5 Å². The SMILES string of the molecule is NNc1ncnc(NCC2(O)CCCCCC2)c1Br. The number of anilines is 2. The summed E-state index contributed by atoms with van der Waals surface area (Å²) >= 11 is 3.39. The van der Waals surface area contributed by atoms with Crippen molar-refractivity contribution in [2.24, 2.45) is 5.84 Å². The average molecular weight is 330 g/mol. The lowest BCUT2D eigenvalue weighted by molar-refractivity contribution is 0.0380. The van der Waals surface area contributed by atoms with E-state index < -0.39 is 5.60 Å². The highest BCUT2D eigenvalue weighted by atomic mass is 79.9. The fraction of sp³-hybridized carbons (Fsp3) is 0.667. The van der Waals surface area contributed by atoms with Crippen molar-refractivity contribution in [2.45, 2.75) is 44.1 Å². The summed E-state index contributed by atoms with van der Waals surface area (Å²) in [5, 5.41) is 13.8. The quantitative estimate of drug-likeness (QED) is 0.383. The van der Waals surface area contributed by atoms with Gasteiger partial charge in [0.15, 0.2) is 5.82 Å². The first-order valence-electron chi connectivity index (χ1n) is 6.58. The fourth-order valence-electron chi connectivity index (χ4n) is 2.41. The van der Waals surface area contributed by atoms with Crippen LogP contribution in [0.2, 0.25) is 0 Å². The normalized spacial score (nSPS) is 18.7. The van der Waals surface area contributed by atoms with Gasteiger partial charge in [-0.3, -0.25) is 0 Å². The molecule has 0 aromatic carbocycles.